The molecule has 1 N–H and O–H groups in total. The average Bonchev–Trinajstić information content (AvgIpc) is 3.00. The van der Waals surface area contributed by atoms with Crippen LogP contribution in [0.3, 0.4) is 0 Å². The third-order valence-electron chi connectivity index (χ3n) is 4.46. The lowest BCUT2D eigenvalue weighted by Gasteiger charge is -2.18. The molecule has 1 aliphatic rings. The molecule has 2 rings (SSSR count). The fraction of sp³-hybridized carbons (Fsp3) is 0.800. The molecule has 102 valence electrons. The third kappa shape index (κ3) is 3.14. The van der Waals surface area contributed by atoms with Crippen LogP contribution in [0.15, 0.2) is 12.3 Å². The number of rotatable bonds is 6. The molecule has 0 aromatic carbocycles. The largest absolute Gasteiger partial charge is 0.319 e. The first-order chi connectivity index (χ1) is 8.74. The SMILES string of the molecule is CCC(C)n1ccc(CC2CCCC2CNC)n1. The highest BCUT2D eigenvalue weighted by atomic mass is 15.3. The molecule has 1 heterocycles. The van der Waals surface area contributed by atoms with Gasteiger partial charge in [0.15, 0.2) is 0 Å². The highest BCUT2D eigenvalue weighted by Crippen LogP contribution is 2.33. The molecule has 3 heteroatoms. The summed E-state index contributed by atoms with van der Waals surface area (Å²) in [5, 5.41) is 8.07. The summed E-state index contributed by atoms with van der Waals surface area (Å²) in [5.41, 5.74) is 1.28. The fourth-order valence-electron chi connectivity index (χ4n) is 3.10. The van der Waals surface area contributed by atoms with E-state index in [0.717, 1.165) is 31.2 Å². The second kappa shape index (κ2) is 6.37. The van der Waals surface area contributed by atoms with E-state index in [2.05, 4.69) is 43.2 Å². The molecule has 1 aliphatic carbocycles. The third-order valence-corrected chi connectivity index (χ3v) is 4.46. The molecule has 0 radical (unpaired) electrons. The van der Waals surface area contributed by atoms with Gasteiger partial charge in [0.25, 0.3) is 0 Å². The Labute approximate surface area is 111 Å². The summed E-state index contributed by atoms with van der Waals surface area (Å²) in [7, 11) is 2.06. The van der Waals surface area contributed by atoms with E-state index in [1.165, 1.54) is 25.0 Å². The van der Waals surface area contributed by atoms with E-state index >= 15 is 0 Å². The number of nitrogens with zero attached hydrogens (tertiary/aromatic N) is 2. The van der Waals surface area contributed by atoms with Gasteiger partial charge in [-0.25, -0.2) is 0 Å². The van der Waals surface area contributed by atoms with E-state index < -0.39 is 0 Å². The molecule has 1 aromatic rings. The van der Waals surface area contributed by atoms with Gasteiger partial charge >= 0.3 is 0 Å². The summed E-state index contributed by atoms with van der Waals surface area (Å²) >= 11 is 0. The average molecular weight is 249 g/mol. The summed E-state index contributed by atoms with van der Waals surface area (Å²) < 4.78 is 2.12. The van der Waals surface area contributed by atoms with E-state index in [9.17, 15) is 0 Å². The number of aromatic nitrogens is 2. The van der Waals surface area contributed by atoms with Gasteiger partial charge in [-0.2, -0.15) is 5.10 Å². The first-order valence-electron chi connectivity index (χ1n) is 7.43. The van der Waals surface area contributed by atoms with E-state index in [4.69, 9.17) is 5.10 Å². The number of hydrogen-bond acceptors (Lipinski definition) is 2. The molecule has 1 aromatic heterocycles. The number of hydrogen-bond donors (Lipinski definition) is 1. The molecule has 1 saturated carbocycles. The minimum Gasteiger partial charge on any atom is -0.319 e. The van der Waals surface area contributed by atoms with Gasteiger partial charge in [0.1, 0.15) is 0 Å². The molecule has 3 nitrogen and oxygen atoms in total. The fourth-order valence-corrected chi connectivity index (χ4v) is 3.10. The van der Waals surface area contributed by atoms with Crippen LogP contribution >= 0.6 is 0 Å². The van der Waals surface area contributed by atoms with Crippen molar-refractivity contribution >= 4 is 0 Å². The molecule has 0 bridgehead atoms. The van der Waals surface area contributed by atoms with Gasteiger partial charge in [0.05, 0.1) is 5.69 Å². The zero-order chi connectivity index (χ0) is 13.0. The van der Waals surface area contributed by atoms with E-state index in [1.807, 2.05) is 0 Å². The normalized spacial score (nSPS) is 25.5. The van der Waals surface area contributed by atoms with Crippen molar-refractivity contribution < 1.29 is 0 Å². The van der Waals surface area contributed by atoms with Crippen LogP contribution in [0.5, 0.6) is 0 Å². The summed E-state index contributed by atoms with van der Waals surface area (Å²) in [6, 6.07) is 2.73. The zero-order valence-corrected chi connectivity index (χ0v) is 12.0. The van der Waals surface area contributed by atoms with Crippen molar-refractivity contribution in [2.75, 3.05) is 13.6 Å². The van der Waals surface area contributed by atoms with Crippen molar-refractivity contribution in [1.29, 1.82) is 0 Å². The first kappa shape index (κ1) is 13.6. The Kier molecular flexibility index (Phi) is 4.81. The molecule has 3 unspecified atom stereocenters. The van der Waals surface area contributed by atoms with Crippen LogP contribution in [0.2, 0.25) is 0 Å². The molecular weight excluding hydrogens is 222 g/mol. The minimum absolute atomic E-state index is 0.524. The summed E-state index contributed by atoms with van der Waals surface area (Å²) in [6.45, 7) is 5.61. The quantitative estimate of drug-likeness (QED) is 0.840. The monoisotopic (exact) mass is 249 g/mol. The summed E-state index contributed by atoms with van der Waals surface area (Å²) in [5.74, 6) is 1.68. The van der Waals surface area contributed by atoms with Gasteiger partial charge in [0.2, 0.25) is 0 Å². The van der Waals surface area contributed by atoms with Crippen molar-refractivity contribution in [2.45, 2.75) is 52.0 Å². The van der Waals surface area contributed by atoms with Crippen molar-refractivity contribution in [3.05, 3.63) is 18.0 Å². The molecule has 0 aliphatic heterocycles. The second-order valence-corrected chi connectivity index (χ2v) is 5.76. The molecule has 18 heavy (non-hydrogen) atoms. The van der Waals surface area contributed by atoms with Gasteiger partial charge in [-0.15, -0.1) is 0 Å². The van der Waals surface area contributed by atoms with Crippen molar-refractivity contribution in [1.82, 2.24) is 15.1 Å². The first-order valence-corrected chi connectivity index (χ1v) is 7.43. The Morgan fingerprint density at radius 1 is 1.44 bits per heavy atom. The summed E-state index contributed by atoms with van der Waals surface area (Å²) in [4.78, 5) is 0. The second-order valence-electron chi connectivity index (χ2n) is 5.76. The predicted octanol–water partition coefficient (Wildman–Crippen LogP) is 3.03. The van der Waals surface area contributed by atoms with Crippen LogP contribution < -0.4 is 5.32 Å². The minimum atomic E-state index is 0.524. The lowest BCUT2D eigenvalue weighted by molar-refractivity contribution is 0.369. The Balaban J connectivity index is 1.94. The molecule has 0 spiro atoms. The smallest absolute Gasteiger partial charge is 0.0627 e. The molecule has 3 atom stereocenters. The maximum Gasteiger partial charge on any atom is 0.0627 e. The highest BCUT2D eigenvalue weighted by Gasteiger charge is 2.27. The molecular formula is C15H27N3. The topological polar surface area (TPSA) is 29.9 Å². The maximum absolute atomic E-state index is 4.74. The molecule has 1 fully saturated rings. The van der Waals surface area contributed by atoms with E-state index in [-0.39, 0.29) is 0 Å². The molecule has 0 amide bonds. The van der Waals surface area contributed by atoms with Crippen LogP contribution in [0.1, 0.15) is 51.3 Å². The Morgan fingerprint density at radius 3 is 2.94 bits per heavy atom. The van der Waals surface area contributed by atoms with E-state index in [0.29, 0.717) is 6.04 Å². The Morgan fingerprint density at radius 2 is 2.22 bits per heavy atom. The highest BCUT2D eigenvalue weighted by molar-refractivity contribution is 5.02. The Hall–Kier alpha value is -0.830. The standard InChI is InChI=1S/C15H27N3/c1-4-12(2)18-9-8-15(17-18)10-13-6-5-7-14(13)11-16-3/h8-9,12-14,16H,4-7,10-11H2,1-3H3. The van der Waals surface area contributed by atoms with E-state index in [1.54, 1.807) is 0 Å². The maximum atomic E-state index is 4.74. The van der Waals surface area contributed by atoms with Gasteiger partial charge < -0.3 is 5.32 Å². The lowest BCUT2D eigenvalue weighted by Crippen LogP contribution is -2.23. The van der Waals surface area contributed by atoms with Crippen LogP contribution in [0, 0.1) is 11.8 Å². The number of nitrogens with one attached hydrogen (secondary N) is 1. The van der Waals surface area contributed by atoms with Gasteiger partial charge in [-0.05, 0) is 64.1 Å². The zero-order valence-electron chi connectivity index (χ0n) is 12.0. The predicted molar refractivity (Wildman–Crippen MR) is 75.7 cm³/mol. The van der Waals surface area contributed by atoms with Crippen molar-refractivity contribution in [2.24, 2.45) is 11.8 Å². The van der Waals surface area contributed by atoms with Crippen molar-refractivity contribution in [3.8, 4) is 0 Å². The molecule has 0 saturated heterocycles. The summed E-state index contributed by atoms with van der Waals surface area (Å²) in [6.07, 6.45) is 8.61. The van der Waals surface area contributed by atoms with Crippen LogP contribution in [-0.2, 0) is 6.42 Å². The lowest BCUT2D eigenvalue weighted by atomic mass is 9.91. The Bertz CT molecular complexity index is 358. The van der Waals surface area contributed by atoms with Crippen LogP contribution in [0.25, 0.3) is 0 Å². The van der Waals surface area contributed by atoms with Crippen LogP contribution in [0.4, 0.5) is 0 Å². The van der Waals surface area contributed by atoms with Gasteiger partial charge in [-0.1, -0.05) is 13.3 Å². The van der Waals surface area contributed by atoms with Crippen LogP contribution in [-0.4, -0.2) is 23.4 Å². The van der Waals surface area contributed by atoms with Gasteiger partial charge in [-0.3, -0.25) is 4.68 Å². The van der Waals surface area contributed by atoms with Crippen molar-refractivity contribution in [3.63, 3.8) is 0 Å². The van der Waals surface area contributed by atoms with Gasteiger partial charge in [0, 0.05) is 12.2 Å².